The molecule has 0 saturated carbocycles. The van der Waals surface area contributed by atoms with E-state index in [1.54, 1.807) is 11.3 Å². The number of carbonyl (C=O) groups excluding carboxylic acids is 2. The predicted molar refractivity (Wildman–Crippen MR) is 86.4 cm³/mol. The predicted octanol–water partition coefficient (Wildman–Crippen LogP) is 1.22. The SMILES string of the molecule is NC(=O)CC1CCN(CC(=O)N2CCc3sccc3C2)CC1. The molecule has 3 heterocycles. The number of piperidine rings is 1. The van der Waals surface area contributed by atoms with Gasteiger partial charge in [0.15, 0.2) is 0 Å². The highest BCUT2D eigenvalue weighted by atomic mass is 32.1. The minimum atomic E-state index is -0.214. The maximum Gasteiger partial charge on any atom is 0.237 e. The van der Waals surface area contributed by atoms with Crippen molar-refractivity contribution in [1.29, 1.82) is 0 Å². The number of carbonyl (C=O) groups is 2. The maximum absolute atomic E-state index is 12.5. The van der Waals surface area contributed by atoms with E-state index in [1.807, 2.05) is 4.90 Å². The molecule has 1 saturated heterocycles. The van der Waals surface area contributed by atoms with E-state index in [0.29, 0.717) is 18.9 Å². The number of hydrogen-bond acceptors (Lipinski definition) is 4. The third-order valence-corrected chi connectivity index (χ3v) is 5.74. The van der Waals surface area contributed by atoms with E-state index in [9.17, 15) is 9.59 Å². The van der Waals surface area contributed by atoms with Crippen LogP contribution >= 0.6 is 11.3 Å². The van der Waals surface area contributed by atoms with Crippen molar-refractivity contribution < 1.29 is 9.59 Å². The molecule has 1 fully saturated rings. The number of hydrogen-bond donors (Lipinski definition) is 1. The van der Waals surface area contributed by atoms with Crippen LogP contribution in [0.2, 0.25) is 0 Å². The molecule has 2 amide bonds. The van der Waals surface area contributed by atoms with Gasteiger partial charge in [-0.05, 0) is 55.3 Å². The quantitative estimate of drug-likeness (QED) is 0.907. The number of thiophene rings is 1. The lowest BCUT2D eigenvalue weighted by Gasteiger charge is -2.33. The number of likely N-dealkylation sites (tertiary alicyclic amines) is 1. The van der Waals surface area contributed by atoms with Crippen LogP contribution in [0.5, 0.6) is 0 Å². The molecule has 2 aliphatic heterocycles. The Kier molecular flexibility index (Phi) is 4.78. The summed E-state index contributed by atoms with van der Waals surface area (Å²) in [4.78, 5) is 29.0. The summed E-state index contributed by atoms with van der Waals surface area (Å²) in [6, 6.07) is 2.13. The van der Waals surface area contributed by atoms with Gasteiger partial charge in [0.2, 0.25) is 11.8 Å². The summed E-state index contributed by atoms with van der Waals surface area (Å²) < 4.78 is 0. The molecule has 1 aromatic heterocycles. The molecule has 0 aromatic carbocycles. The van der Waals surface area contributed by atoms with Crippen molar-refractivity contribution in [3.63, 3.8) is 0 Å². The van der Waals surface area contributed by atoms with E-state index in [1.165, 1.54) is 10.4 Å². The van der Waals surface area contributed by atoms with Gasteiger partial charge in [0.1, 0.15) is 0 Å². The molecule has 3 rings (SSSR count). The Hall–Kier alpha value is -1.40. The molecule has 0 bridgehead atoms. The second kappa shape index (κ2) is 6.79. The summed E-state index contributed by atoms with van der Waals surface area (Å²) in [6.45, 7) is 3.88. The van der Waals surface area contributed by atoms with Gasteiger partial charge in [-0.25, -0.2) is 0 Å². The lowest BCUT2D eigenvalue weighted by Crippen LogP contribution is -2.45. The van der Waals surface area contributed by atoms with Crippen LogP contribution in [-0.4, -0.2) is 47.8 Å². The average molecular weight is 321 g/mol. The summed E-state index contributed by atoms with van der Waals surface area (Å²) >= 11 is 1.79. The Balaban J connectivity index is 1.46. The highest BCUT2D eigenvalue weighted by Crippen LogP contribution is 2.24. The number of nitrogens with zero attached hydrogens (tertiary/aromatic N) is 2. The fraction of sp³-hybridized carbons (Fsp3) is 0.625. The third-order valence-electron chi connectivity index (χ3n) is 4.72. The number of fused-ring (bicyclic) bond motifs is 1. The van der Waals surface area contributed by atoms with Crippen LogP contribution < -0.4 is 5.73 Å². The Morgan fingerprint density at radius 2 is 2.05 bits per heavy atom. The summed E-state index contributed by atoms with van der Waals surface area (Å²) in [5.41, 5.74) is 6.56. The first-order valence-electron chi connectivity index (χ1n) is 7.95. The van der Waals surface area contributed by atoms with E-state index in [2.05, 4.69) is 16.3 Å². The molecule has 0 unspecified atom stereocenters. The Labute approximate surface area is 135 Å². The van der Waals surface area contributed by atoms with Gasteiger partial charge < -0.3 is 10.6 Å². The van der Waals surface area contributed by atoms with Gasteiger partial charge in [-0.15, -0.1) is 11.3 Å². The van der Waals surface area contributed by atoms with E-state index in [0.717, 1.165) is 45.4 Å². The van der Waals surface area contributed by atoms with Crippen molar-refractivity contribution in [2.24, 2.45) is 11.7 Å². The molecule has 0 aliphatic carbocycles. The number of rotatable bonds is 4. The molecule has 120 valence electrons. The minimum Gasteiger partial charge on any atom is -0.370 e. The van der Waals surface area contributed by atoms with Crippen LogP contribution in [0.15, 0.2) is 11.4 Å². The lowest BCUT2D eigenvalue weighted by atomic mass is 9.93. The standard InChI is InChI=1S/C16H23N3O2S/c17-15(20)9-12-1-5-18(6-2-12)11-16(21)19-7-3-14-13(10-19)4-8-22-14/h4,8,12H,1-3,5-7,9-11H2,(H2,17,20). The number of amides is 2. The van der Waals surface area contributed by atoms with Gasteiger partial charge in [-0.2, -0.15) is 0 Å². The summed E-state index contributed by atoms with van der Waals surface area (Å²) in [7, 11) is 0. The maximum atomic E-state index is 12.5. The molecule has 0 spiro atoms. The van der Waals surface area contributed by atoms with Gasteiger partial charge in [0.05, 0.1) is 6.54 Å². The molecular weight excluding hydrogens is 298 g/mol. The smallest absolute Gasteiger partial charge is 0.237 e. The van der Waals surface area contributed by atoms with Crippen molar-refractivity contribution in [3.05, 3.63) is 21.9 Å². The van der Waals surface area contributed by atoms with Crippen LogP contribution in [0.1, 0.15) is 29.7 Å². The van der Waals surface area contributed by atoms with E-state index < -0.39 is 0 Å². The lowest BCUT2D eigenvalue weighted by molar-refractivity contribution is -0.134. The van der Waals surface area contributed by atoms with Crippen molar-refractivity contribution in [2.75, 3.05) is 26.2 Å². The van der Waals surface area contributed by atoms with E-state index in [4.69, 9.17) is 5.73 Å². The molecule has 2 N–H and O–H groups in total. The van der Waals surface area contributed by atoms with Gasteiger partial charge in [0.25, 0.3) is 0 Å². The second-order valence-electron chi connectivity index (χ2n) is 6.32. The highest BCUT2D eigenvalue weighted by Gasteiger charge is 2.26. The largest absolute Gasteiger partial charge is 0.370 e. The molecule has 0 atom stereocenters. The molecule has 22 heavy (non-hydrogen) atoms. The second-order valence-corrected chi connectivity index (χ2v) is 7.32. The molecule has 5 nitrogen and oxygen atoms in total. The number of primary amides is 1. The molecule has 1 aromatic rings. The zero-order valence-electron chi connectivity index (χ0n) is 12.8. The van der Waals surface area contributed by atoms with Crippen molar-refractivity contribution in [1.82, 2.24) is 9.80 Å². The van der Waals surface area contributed by atoms with Crippen LogP contribution in [0.3, 0.4) is 0 Å². The molecule has 6 heteroatoms. The Morgan fingerprint density at radius 3 is 2.77 bits per heavy atom. The monoisotopic (exact) mass is 321 g/mol. The molecule has 0 radical (unpaired) electrons. The van der Waals surface area contributed by atoms with E-state index >= 15 is 0 Å². The molecule has 2 aliphatic rings. The zero-order chi connectivity index (χ0) is 15.5. The van der Waals surface area contributed by atoms with Crippen LogP contribution in [0, 0.1) is 5.92 Å². The normalized spacial score (nSPS) is 19.9. The summed E-state index contributed by atoms with van der Waals surface area (Å²) in [5.74, 6) is 0.409. The van der Waals surface area contributed by atoms with Crippen molar-refractivity contribution in [3.8, 4) is 0 Å². The van der Waals surface area contributed by atoms with Crippen molar-refractivity contribution >= 4 is 23.2 Å². The Bertz CT molecular complexity index is 549. The minimum absolute atomic E-state index is 0.214. The number of nitrogens with two attached hydrogens (primary N) is 1. The van der Waals surface area contributed by atoms with Gasteiger partial charge >= 0.3 is 0 Å². The van der Waals surface area contributed by atoms with Gasteiger partial charge in [-0.3, -0.25) is 14.5 Å². The first-order chi connectivity index (χ1) is 10.6. The summed E-state index contributed by atoms with van der Waals surface area (Å²) in [5, 5.41) is 2.11. The average Bonchev–Trinajstić information content (AvgIpc) is 2.96. The van der Waals surface area contributed by atoms with Crippen molar-refractivity contribution in [2.45, 2.75) is 32.2 Å². The first kappa shape index (κ1) is 15.5. The highest BCUT2D eigenvalue weighted by molar-refractivity contribution is 7.10. The third kappa shape index (κ3) is 3.67. The van der Waals surface area contributed by atoms with Crippen LogP contribution in [0.25, 0.3) is 0 Å². The first-order valence-corrected chi connectivity index (χ1v) is 8.83. The topological polar surface area (TPSA) is 66.6 Å². The van der Waals surface area contributed by atoms with E-state index in [-0.39, 0.29) is 11.8 Å². The fourth-order valence-corrected chi connectivity index (χ4v) is 4.28. The van der Waals surface area contributed by atoms with Gasteiger partial charge in [-0.1, -0.05) is 0 Å². The van der Waals surface area contributed by atoms with Crippen LogP contribution in [-0.2, 0) is 22.6 Å². The Morgan fingerprint density at radius 1 is 1.27 bits per heavy atom. The summed E-state index contributed by atoms with van der Waals surface area (Å²) in [6.07, 6.45) is 3.39. The van der Waals surface area contributed by atoms with Crippen LogP contribution in [0.4, 0.5) is 0 Å². The zero-order valence-corrected chi connectivity index (χ0v) is 13.6. The molecular formula is C16H23N3O2S. The van der Waals surface area contributed by atoms with Gasteiger partial charge in [0, 0.05) is 24.4 Å². The fourth-order valence-electron chi connectivity index (χ4n) is 3.39.